The molecule has 1 N–H and O–H groups in total. The van der Waals surface area contributed by atoms with Crippen LogP contribution in [-0.2, 0) is 19.4 Å². The molecule has 0 aliphatic heterocycles. The van der Waals surface area contributed by atoms with Crippen molar-refractivity contribution in [1.29, 1.82) is 0 Å². The van der Waals surface area contributed by atoms with Crippen LogP contribution in [0, 0.1) is 5.92 Å². The molecule has 354 valence electrons. The zero-order chi connectivity index (χ0) is 43.4. The van der Waals surface area contributed by atoms with E-state index < -0.39 is 11.9 Å². The third-order valence-corrected chi connectivity index (χ3v) is 12.1. The van der Waals surface area contributed by atoms with Gasteiger partial charge in [0.2, 0.25) is 0 Å². The van der Waals surface area contributed by atoms with E-state index in [2.05, 4.69) is 27.7 Å². The van der Waals surface area contributed by atoms with E-state index in [0.29, 0.717) is 19.4 Å². The molecule has 0 amide bonds. The van der Waals surface area contributed by atoms with E-state index in [-0.39, 0.29) is 0 Å². The summed E-state index contributed by atoms with van der Waals surface area (Å²) in [7, 11) is 0. The molecule has 0 aliphatic rings. The van der Waals surface area contributed by atoms with Crippen LogP contribution >= 0.6 is 0 Å². The molecule has 0 rings (SSSR count). The highest BCUT2D eigenvalue weighted by atomic mass is 17.2. The fourth-order valence-electron chi connectivity index (χ4n) is 8.07. The SMILES string of the molecule is CC(C)CCCCCCCCCCCCCCCO.CCCCCCCCCCCCCCCCCC(=O)OOC(=O)CCCCCCCCCCCCCCCCC. The molecule has 0 saturated carbocycles. The Bertz CT molecular complexity index is 737. The van der Waals surface area contributed by atoms with Crippen LogP contribution in [-0.4, -0.2) is 23.7 Å². The van der Waals surface area contributed by atoms with Crippen LogP contribution in [0.2, 0.25) is 0 Å². The largest absolute Gasteiger partial charge is 0.396 e. The minimum atomic E-state index is -0.417. The molecule has 0 aliphatic carbocycles. The Kier molecular flexibility index (Phi) is 55.8. The summed E-state index contributed by atoms with van der Waals surface area (Å²) in [6.45, 7) is 9.57. The second kappa shape index (κ2) is 54.9. The number of aliphatic hydroxyl groups excluding tert-OH is 1. The molecule has 5 nitrogen and oxygen atoms in total. The second-order valence-corrected chi connectivity index (χ2v) is 18.8. The summed E-state index contributed by atoms with van der Waals surface area (Å²) in [6, 6.07) is 0. The van der Waals surface area contributed by atoms with Crippen LogP contribution < -0.4 is 0 Å². The Balaban J connectivity index is 0. The van der Waals surface area contributed by atoms with E-state index in [1.54, 1.807) is 0 Å². The summed E-state index contributed by atoms with van der Waals surface area (Å²) in [6.07, 6.45) is 58.9. The normalized spacial score (nSPS) is 11.2. The van der Waals surface area contributed by atoms with Crippen molar-refractivity contribution in [2.24, 2.45) is 5.92 Å². The van der Waals surface area contributed by atoms with Crippen molar-refractivity contribution in [1.82, 2.24) is 0 Å². The number of carbonyl (C=O) groups is 2. The van der Waals surface area contributed by atoms with Crippen molar-refractivity contribution in [2.75, 3.05) is 6.61 Å². The average molecular weight is 837 g/mol. The maximum atomic E-state index is 11.8. The third-order valence-electron chi connectivity index (χ3n) is 12.1. The molecule has 0 atom stereocenters. The van der Waals surface area contributed by atoms with Crippen molar-refractivity contribution in [2.45, 2.75) is 323 Å². The Labute approximate surface area is 370 Å². The van der Waals surface area contributed by atoms with E-state index in [1.165, 1.54) is 250 Å². The molecule has 0 aromatic heterocycles. The maximum absolute atomic E-state index is 11.8. The molecule has 0 heterocycles. The number of hydrogen-bond acceptors (Lipinski definition) is 5. The van der Waals surface area contributed by atoms with Gasteiger partial charge in [-0.05, 0) is 25.2 Å². The smallest absolute Gasteiger partial charge is 0.355 e. The summed E-state index contributed by atoms with van der Waals surface area (Å²) < 4.78 is 0. The summed E-state index contributed by atoms with van der Waals surface area (Å²) >= 11 is 0. The van der Waals surface area contributed by atoms with Crippen LogP contribution in [0.3, 0.4) is 0 Å². The molecule has 0 aromatic carbocycles. The Hall–Kier alpha value is -1.10. The average Bonchev–Trinajstić information content (AvgIpc) is 3.23. The minimum absolute atomic E-state index is 0.338. The monoisotopic (exact) mass is 837 g/mol. The van der Waals surface area contributed by atoms with Crippen molar-refractivity contribution < 1.29 is 24.5 Å². The van der Waals surface area contributed by atoms with Gasteiger partial charge in [0, 0.05) is 6.61 Å². The van der Waals surface area contributed by atoms with Gasteiger partial charge in [0.25, 0.3) is 0 Å². The summed E-state index contributed by atoms with van der Waals surface area (Å²) in [5, 5.41) is 8.67. The van der Waals surface area contributed by atoms with Gasteiger partial charge >= 0.3 is 11.9 Å². The van der Waals surface area contributed by atoms with Gasteiger partial charge < -0.3 is 5.11 Å². The fraction of sp³-hybridized carbons (Fsp3) is 0.963. The van der Waals surface area contributed by atoms with Gasteiger partial charge in [0.05, 0.1) is 12.8 Å². The van der Waals surface area contributed by atoms with Crippen LogP contribution in [0.15, 0.2) is 0 Å². The van der Waals surface area contributed by atoms with Crippen LogP contribution in [0.4, 0.5) is 0 Å². The molecular weight excluding hydrogens is 729 g/mol. The van der Waals surface area contributed by atoms with Gasteiger partial charge in [-0.25, -0.2) is 19.4 Å². The highest BCUT2D eigenvalue weighted by molar-refractivity contribution is 5.72. The highest BCUT2D eigenvalue weighted by Crippen LogP contribution is 2.17. The van der Waals surface area contributed by atoms with E-state index in [4.69, 9.17) is 14.9 Å². The van der Waals surface area contributed by atoms with E-state index >= 15 is 0 Å². The van der Waals surface area contributed by atoms with E-state index in [1.807, 2.05) is 0 Å². The molecule has 0 unspecified atom stereocenters. The molecule has 0 spiro atoms. The van der Waals surface area contributed by atoms with Gasteiger partial charge in [-0.15, -0.1) is 0 Å². The molecule has 5 heteroatoms. The number of carbonyl (C=O) groups excluding carboxylic acids is 2. The predicted octanol–water partition coefficient (Wildman–Crippen LogP) is 18.6. The number of unbranched alkanes of at least 4 members (excludes halogenated alkanes) is 40. The summed E-state index contributed by atoms with van der Waals surface area (Å²) in [5.41, 5.74) is 0. The van der Waals surface area contributed by atoms with Crippen LogP contribution in [0.5, 0.6) is 0 Å². The molecule has 0 aromatic rings. The molecular formula is C54H108O5. The second-order valence-electron chi connectivity index (χ2n) is 18.8. The summed E-state index contributed by atoms with van der Waals surface area (Å²) in [5.74, 6) is 0.0523. The lowest BCUT2D eigenvalue weighted by Gasteiger charge is -2.05. The van der Waals surface area contributed by atoms with Gasteiger partial charge in [0.1, 0.15) is 0 Å². The van der Waals surface area contributed by atoms with E-state index in [9.17, 15) is 9.59 Å². The van der Waals surface area contributed by atoms with Gasteiger partial charge in [0.15, 0.2) is 0 Å². The minimum Gasteiger partial charge on any atom is -0.396 e. The predicted molar refractivity (Wildman–Crippen MR) is 258 cm³/mol. The Morgan fingerprint density at radius 2 is 0.525 bits per heavy atom. The standard InChI is InChI=1S/C36H70O4.C18H38O/c1-3-5-7-9-11-13-15-17-19-21-23-25-27-29-31-33-35(37)39-40-36(38)34-32-30-28-26-24-22-20-18-16-14-12-10-8-6-4-2;1-18(2)16-14-12-10-8-6-4-3-5-7-9-11-13-15-17-19/h3-34H2,1-2H3;18-19H,3-17H2,1-2H3. The lowest BCUT2D eigenvalue weighted by atomic mass is 10.0. The van der Waals surface area contributed by atoms with Crippen molar-refractivity contribution in [3.05, 3.63) is 0 Å². The first kappa shape index (κ1) is 60.0. The quantitative estimate of drug-likeness (QED) is 0.0375. The zero-order valence-corrected chi connectivity index (χ0v) is 40.9. The van der Waals surface area contributed by atoms with Crippen molar-refractivity contribution >= 4 is 11.9 Å². The van der Waals surface area contributed by atoms with Crippen molar-refractivity contribution in [3.8, 4) is 0 Å². The molecule has 0 bridgehead atoms. The molecule has 0 radical (unpaired) electrons. The first-order chi connectivity index (χ1) is 29.0. The van der Waals surface area contributed by atoms with Crippen LogP contribution in [0.25, 0.3) is 0 Å². The van der Waals surface area contributed by atoms with Gasteiger partial charge in [-0.2, -0.15) is 0 Å². The fourth-order valence-corrected chi connectivity index (χ4v) is 8.07. The highest BCUT2D eigenvalue weighted by Gasteiger charge is 2.09. The lowest BCUT2D eigenvalue weighted by molar-refractivity contribution is -0.259. The van der Waals surface area contributed by atoms with Gasteiger partial charge in [-0.1, -0.05) is 291 Å². The number of hydrogen-bond donors (Lipinski definition) is 1. The first-order valence-electron chi connectivity index (χ1n) is 27.0. The third kappa shape index (κ3) is 59.0. The topological polar surface area (TPSA) is 72.8 Å². The molecule has 0 fully saturated rings. The Morgan fingerprint density at radius 3 is 0.746 bits per heavy atom. The summed E-state index contributed by atoms with van der Waals surface area (Å²) in [4.78, 5) is 33.0. The first-order valence-corrected chi connectivity index (χ1v) is 27.0. The molecule has 0 saturated heterocycles. The lowest BCUT2D eigenvalue weighted by Crippen LogP contribution is -2.11. The molecule has 59 heavy (non-hydrogen) atoms. The number of aliphatic hydroxyl groups is 1. The maximum Gasteiger partial charge on any atom is 0.355 e. The van der Waals surface area contributed by atoms with E-state index in [0.717, 1.165) is 38.0 Å². The van der Waals surface area contributed by atoms with Crippen molar-refractivity contribution in [3.63, 3.8) is 0 Å². The Morgan fingerprint density at radius 1 is 0.322 bits per heavy atom. The van der Waals surface area contributed by atoms with Gasteiger partial charge in [-0.3, -0.25) is 0 Å². The van der Waals surface area contributed by atoms with Crippen LogP contribution in [0.1, 0.15) is 323 Å². The zero-order valence-electron chi connectivity index (χ0n) is 40.9. The number of rotatable bonds is 47.